The van der Waals surface area contributed by atoms with Crippen molar-refractivity contribution in [2.24, 2.45) is 11.7 Å². The summed E-state index contributed by atoms with van der Waals surface area (Å²) in [7, 11) is 0. The van der Waals surface area contributed by atoms with Crippen LogP contribution in [0, 0.1) is 5.92 Å². The molecule has 1 aromatic rings. The zero-order valence-corrected chi connectivity index (χ0v) is 11.0. The number of rotatable bonds is 3. The number of hydrogen-bond donors (Lipinski definition) is 1. The Morgan fingerprint density at radius 3 is 2.45 bits per heavy atom. The van der Waals surface area contributed by atoms with Crippen LogP contribution in [-0.2, 0) is 17.4 Å². The van der Waals surface area contributed by atoms with Crippen LogP contribution in [0.25, 0.3) is 0 Å². The number of carbonyl (C=O) groups excluding carboxylic acids is 1. The van der Waals surface area contributed by atoms with E-state index in [0.717, 1.165) is 18.6 Å². The topological polar surface area (TPSA) is 46.3 Å². The van der Waals surface area contributed by atoms with Gasteiger partial charge >= 0.3 is 6.18 Å². The number of hydrogen-bond acceptors (Lipinski definition) is 2. The second-order valence-electron chi connectivity index (χ2n) is 5.10. The van der Waals surface area contributed by atoms with E-state index in [1.807, 2.05) is 0 Å². The summed E-state index contributed by atoms with van der Waals surface area (Å²) >= 11 is 0. The van der Waals surface area contributed by atoms with Gasteiger partial charge < -0.3 is 10.6 Å². The molecule has 1 fully saturated rings. The third kappa shape index (κ3) is 3.50. The van der Waals surface area contributed by atoms with Gasteiger partial charge in [-0.05, 0) is 36.6 Å². The fourth-order valence-corrected chi connectivity index (χ4v) is 2.35. The van der Waals surface area contributed by atoms with Crippen LogP contribution in [-0.4, -0.2) is 30.4 Å². The van der Waals surface area contributed by atoms with Crippen LogP contribution in [0.4, 0.5) is 13.2 Å². The number of nitrogens with zero attached hydrogens (tertiary/aromatic N) is 1. The van der Waals surface area contributed by atoms with Crippen molar-refractivity contribution in [3.63, 3.8) is 0 Å². The van der Waals surface area contributed by atoms with Crippen LogP contribution in [0.3, 0.4) is 0 Å². The zero-order chi connectivity index (χ0) is 14.8. The largest absolute Gasteiger partial charge is 0.416 e. The Kier molecular flexibility index (Phi) is 4.32. The second-order valence-corrected chi connectivity index (χ2v) is 5.10. The minimum absolute atomic E-state index is 0.0549. The summed E-state index contributed by atoms with van der Waals surface area (Å²) in [5.41, 5.74) is 5.46. The van der Waals surface area contributed by atoms with Gasteiger partial charge in [0.1, 0.15) is 0 Å². The van der Waals surface area contributed by atoms with E-state index in [1.165, 1.54) is 12.1 Å². The molecule has 1 atom stereocenters. The van der Waals surface area contributed by atoms with E-state index in [-0.39, 0.29) is 12.3 Å². The molecule has 2 N–H and O–H groups in total. The first-order valence-corrected chi connectivity index (χ1v) is 6.54. The highest BCUT2D eigenvalue weighted by Gasteiger charge is 2.30. The Morgan fingerprint density at radius 2 is 1.95 bits per heavy atom. The number of likely N-dealkylation sites (tertiary alicyclic amines) is 1. The zero-order valence-electron chi connectivity index (χ0n) is 11.0. The summed E-state index contributed by atoms with van der Waals surface area (Å²) < 4.78 is 37.3. The van der Waals surface area contributed by atoms with Crippen molar-refractivity contribution < 1.29 is 18.0 Å². The van der Waals surface area contributed by atoms with Gasteiger partial charge in [-0.15, -0.1) is 0 Å². The molecule has 0 bridgehead atoms. The van der Waals surface area contributed by atoms with Gasteiger partial charge in [0.15, 0.2) is 0 Å². The molecule has 0 aromatic heterocycles. The van der Waals surface area contributed by atoms with Gasteiger partial charge in [0.2, 0.25) is 5.91 Å². The normalized spacial score (nSPS) is 19.4. The highest BCUT2D eigenvalue weighted by atomic mass is 19.4. The molecule has 0 spiro atoms. The number of amides is 1. The first-order valence-electron chi connectivity index (χ1n) is 6.54. The van der Waals surface area contributed by atoms with Crippen LogP contribution in [0.15, 0.2) is 24.3 Å². The minimum Gasteiger partial charge on any atom is -0.342 e. The lowest BCUT2D eigenvalue weighted by Crippen LogP contribution is -2.31. The second kappa shape index (κ2) is 5.83. The predicted octanol–water partition coefficient (Wildman–Crippen LogP) is 2.06. The highest BCUT2D eigenvalue weighted by molar-refractivity contribution is 5.79. The summed E-state index contributed by atoms with van der Waals surface area (Å²) in [5.74, 6) is 0.285. The van der Waals surface area contributed by atoms with E-state index in [9.17, 15) is 18.0 Å². The van der Waals surface area contributed by atoms with Gasteiger partial charge in [0.05, 0.1) is 12.0 Å². The molecule has 110 valence electrons. The lowest BCUT2D eigenvalue weighted by atomic mass is 10.1. The Labute approximate surface area is 115 Å². The molecule has 20 heavy (non-hydrogen) atoms. The number of alkyl halides is 3. The number of carbonyl (C=O) groups is 1. The van der Waals surface area contributed by atoms with E-state index < -0.39 is 11.7 Å². The number of nitrogens with two attached hydrogens (primary N) is 1. The van der Waals surface area contributed by atoms with Gasteiger partial charge in [-0.25, -0.2) is 0 Å². The molecule has 1 aromatic carbocycles. The van der Waals surface area contributed by atoms with Crippen molar-refractivity contribution in [1.82, 2.24) is 4.90 Å². The van der Waals surface area contributed by atoms with Gasteiger partial charge in [-0.2, -0.15) is 13.2 Å². The molecule has 3 nitrogen and oxygen atoms in total. The Hall–Kier alpha value is -1.56. The van der Waals surface area contributed by atoms with Crippen molar-refractivity contribution in [3.05, 3.63) is 35.4 Å². The van der Waals surface area contributed by atoms with Crippen molar-refractivity contribution in [2.75, 3.05) is 19.6 Å². The summed E-state index contributed by atoms with van der Waals surface area (Å²) in [5, 5.41) is 0. The number of benzene rings is 1. The van der Waals surface area contributed by atoms with Gasteiger partial charge in [-0.1, -0.05) is 12.1 Å². The molecule has 0 aliphatic carbocycles. The highest BCUT2D eigenvalue weighted by Crippen LogP contribution is 2.29. The van der Waals surface area contributed by atoms with Crippen molar-refractivity contribution >= 4 is 5.91 Å². The smallest absolute Gasteiger partial charge is 0.342 e. The maximum atomic E-state index is 12.4. The third-order valence-corrected chi connectivity index (χ3v) is 3.61. The molecule has 1 saturated heterocycles. The lowest BCUT2D eigenvalue weighted by molar-refractivity contribution is -0.137. The predicted molar refractivity (Wildman–Crippen MR) is 68.9 cm³/mol. The molecule has 6 heteroatoms. The van der Waals surface area contributed by atoms with E-state index in [4.69, 9.17) is 5.73 Å². The average Bonchev–Trinajstić information content (AvgIpc) is 2.87. The molecule has 1 heterocycles. The van der Waals surface area contributed by atoms with Crippen LogP contribution in [0.1, 0.15) is 17.5 Å². The van der Waals surface area contributed by atoms with Gasteiger partial charge in [0, 0.05) is 13.1 Å². The van der Waals surface area contributed by atoms with Crippen LogP contribution < -0.4 is 5.73 Å². The van der Waals surface area contributed by atoms with Crippen LogP contribution in [0.5, 0.6) is 0 Å². The Bertz CT molecular complexity index is 470. The van der Waals surface area contributed by atoms with Gasteiger partial charge in [-0.3, -0.25) is 4.79 Å². The summed E-state index contributed by atoms with van der Waals surface area (Å²) in [4.78, 5) is 13.8. The van der Waals surface area contributed by atoms with Crippen molar-refractivity contribution in [1.29, 1.82) is 0 Å². The SMILES string of the molecule is NC[C@@H]1CCN(C(=O)Cc2ccc(C(F)(F)F)cc2)C1. The molecule has 0 unspecified atom stereocenters. The molecular weight excluding hydrogens is 269 g/mol. The molecule has 0 saturated carbocycles. The first kappa shape index (κ1) is 14.8. The Balaban J connectivity index is 1.95. The molecule has 0 radical (unpaired) electrons. The monoisotopic (exact) mass is 286 g/mol. The van der Waals surface area contributed by atoms with E-state index in [1.54, 1.807) is 4.90 Å². The quantitative estimate of drug-likeness (QED) is 0.924. The molecular formula is C14H17F3N2O. The van der Waals surface area contributed by atoms with Crippen molar-refractivity contribution in [3.8, 4) is 0 Å². The van der Waals surface area contributed by atoms with E-state index in [2.05, 4.69) is 0 Å². The maximum absolute atomic E-state index is 12.4. The summed E-state index contributed by atoms with van der Waals surface area (Å²) in [6.07, 6.45) is -3.31. The minimum atomic E-state index is -4.34. The van der Waals surface area contributed by atoms with Crippen LogP contribution >= 0.6 is 0 Å². The fraction of sp³-hybridized carbons (Fsp3) is 0.500. The fourth-order valence-electron chi connectivity index (χ4n) is 2.35. The molecule has 1 aliphatic heterocycles. The van der Waals surface area contributed by atoms with E-state index in [0.29, 0.717) is 31.1 Å². The average molecular weight is 286 g/mol. The molecule has 1 amide bonds. The standard InChI is InChI=1S/C14H17F3N2O/c15-14(16,17)12-3-1-10(2-4-12)7-13(20)19-6-5-11(8-18)9-19/h1-4,11H,5-9,18H2/t11-/m0/s1. The molecule has 2 rings (SSSR count). The summed E-state index contributed by atoms with van der Waals surface area (Å²) in [6, 6.07) is 4.74. The maximum Gasteiger partial charge on any atom is 0.416 e. The third-order valence-electron chi connectivity index (χ3n) is 3.61. The Morgan fingerprint density at radius 1 is 1.30 bits per heavy atom. The first-order chi connectivity index (χ1) is 9.40. The molecule has 1 aliphatic rings. The van der Waals surface area contributed by atoms with Crippen LogP contribution in [0.2, 0.25) is 0 Å². The van der Waals surface area contributed by atoms with Crippen molar-refractivity contribution in [2.45, 2.75) is 19.0 Å². The number of halogens is 3. The summed E-state index contributed by atoms with van der Waals surface area (Å²) in [6.45, 7) is 1.89. The van der Waals surface area contributed by atoms with Gasteiger partial charge in [0.25, 0.3) is 0 Å². The lowest BCUT2D eigenvalue weighted by Gasteiger charge is -2.16. The van der Waals surface area contributed by atoms with E-state index >= 15 is 0 Å².